The van der Waals surface area contributed by atoms with Crippen molar-refractivity contribution < 1.29 is 29.0 Å². The Labute approximate surface area is 164 Å². The molecular weight excluding hydrogens is 374 g/mol. The molecule has 0 bridgehead atoms. The zero-order valence-corrected chi connectivity index (χ0v) is 16.7. The van der Waals surface area contributed by atoms with E-state index in [4.69, 9.17) is 21.1 Å². The normalized spacial score (nSPS) is 13.1. The van der Waals surface area contributed by atoms with Crippen molar-refractivity contribution in [3.05, 3.63) is 34.9 Å². The van der Waals surface area contributed by atoms with Gasteiger partial charge in [0.2, 0.25) is 0 Å². The Balaban J connectivity index is 2.57. The molecule has 1 aromatic carbocycles. The Morgan fingerprint density at radius 1 is 1.07 bits per heavy atom. The number of benzene rings is 1. The maximum Gasteiger partial charge on any atom is 0.410 e. The molecule has 150 valence electrons. The fourth-order valence-corrected chi connectivity index (χ4v) is 2.27. The number of aliphatic carboxylic acids is 1. The maximum absolute atomic E-state index is 12.0. The Kier molecular flexibility index (Phi) is 9.08. The van der Waals surface area contributed by atoms with Crippen LogP contribution < -0.4 is 5.32 Å². The number of esters is 1. The highest BCUT2D eigenvalue weighted by Gasteiger charge is 2.25. The molecule has 0 saturated heterocycles. The zero-order chi connectivity index (χ0) is 20.6. The average molecular weight is 400 g/mol. The predicted octanol–water partition coefficient (Wildman–Crippen LogP) is 3.81. The summed E-state index contributed by atoms with van der Waals surface area (Å²) in [5.41, 5.74) is 0.591. The van der Waals surface area contributed by atoms with Crippen LogP contribution in [0, 0.1) is 11.8 Å². The molecule has 0 radical (unpaired) electrons. The molecule has 0 aliphatic carbocycles. The number of rotatable bonds is 9. The Bertz CT molecular complexity index is 644. The van der Waals surface area contributed by atoms with Crippen molar-refractivity contribution in [2.45, 2.75) is 46.3 Å². The minimum atomic E-state index is -1.01. The molecule has 27 heavy (non-hydrogen) atoms. The molecule has 0 saturated carbocycles. The highest BCUT2D eigenvalue weighted by atomic mass is 35.5. The van der Waals surface area contributed by atoms with E-state index in [0.29, 0.717) is 10.6 Å². The zero-order valence-electron chi connectivity index (χ0n) is 15.9. The summed E-state index contributed by atoms with van der Waals surface area (Å²) >= 11 is 5.81. The lowest BCUT2D eigenvalue weighted by Gasteiger charge is -2.22. The molecular formula is C19H26ClNO6. The lowest BCUT2D eigenvalue weighted by atomic mass is 9.96. The van der Waals surface area contributed by atoms with E-state index in [1.54, 1.807) is 52.0 Å². The van der Waals surface area contributed by atoms with Gasteiger partial charge in [0.15, 0.2) is 0 Å². The van der Waals surface area contributed by atoms with Gasteiger partial charge in [-0.05, 0) is 24.1 Å². The van der Waals surface area contributed by atoms with Crippen LogP contribution in [-0.2, 0) is 19.1 Å². The van der Waals surface area contributed by atoms with Crippen LogP contribution in [0.5, 0.6) is 0 Å². The van der Waals surface area contributed by atoms with Gasteiger partial charge in [-0.15, -0.1) is 0 Å². The maximum atomic E-state index is 12.0. The van der Waals surface area contributed by atoms with Crippen molar-refractivity contribution >= 4 is 29.6 Å². The lowest BCUT2D eigenvalue weighted by Crippen LogP contribution is -2.36. The Hall–Kier alpha value is -2.28. The van der Waals surface area contributed by atoms with Crippen LogP contribution in [-0.4, -0.2) is 36.0 Å². The van der Waals surface area contributed by atoms with Crippen molar-refractivity contribution in [2.75, 3.05) is 6.54 Å². The van der Waals surface area contributed by atoms with E-state index in [2.05, 4.69) is 5.32 Å². The summed E-state index contributed by atoms with van der Waals surface area (Å²) in [6.07, 6.45) is -1.61. The largest absolute Gasteiger partial charge is 0.481 e. The molecule has 0 aliphatic heterocycles. The second-order valence-electron chi connectivity index (χ2n) is 6.77. The van der Waals surface area contributed by atoms with Crippen molar-refractivity contribution in [3.8, 4) is 0 Å². The first-order valence-electron chi connectivity index (χ1n) is 8.75. The van der Waals surface area contributed by atoms with Gasteiger partial charge in [-0.25, -0.2) is 4.79 Å². The smallest absolute Gasteiger partial charge is 0.410 e. The molecule has 2 N–H and O–H groups in total. The van der Waals surface area contributed by atoms with Crippen LogP contribution in [0.25, 0.3) is 0 Å². The molecule has 8 heteroatoms. The van der Waals surface area contributed by atoms with Crippen molar-refractivity contribution in [3.63, 3.8) is 0 Å². The summed E-state index contributed by atoms with van der Waals surface area (Å²) in [5, 5.41) is 12.4. The molecule has 0 aliphatic rings. The number of amides is 1. The van der Waals surface area contributed by atoms with Gasteiger partial charge >= 0.3 is 18.0 Å². The minimum Gasteiger partial charge on any atom is -0.481 e. The number of nitrogens with one attached hydrogen (secondary N) is 1. The second-order valence-corrected chi connectivity index (χ2v) is 7.20. The SMILES string of the molecule is CC(C)C(=O)O[C@H](OC(=O)NCCC(C(=O)O)c1ccc(Cl)cc1)C(C)C. The summed E-state index contributed by atoms with van der Waals surface area (Å²) in [6.45, 7) is 6.96. The van der Waals surface area contributed by atoms with E-state index in [9.17, 15) is 19.5 Å². The molecule has 7 nitrogen and oxygen atoms in total. The molecule has 0 aromatic heterocycles. The van der Waals surface area contributed by atoms with Crippen molar-refractivity contribution in [2.24, 2.45) is 11.8 Å². The standard InChI is InChI=1S/C19H26ClNO6/c1-11(2)17(24)26-18(12(3)4)27-19(25)21-10-9-15(16(22)23)13-5-7-14(20)8-6-13/h5-8,11-12,15,18H,9-10H2,1-4H3,(H,21,25)(H,22,23)/t15?,18-/m1/s1. The number of halogens is 1. The molecule has 1 amide bonds. The summed E-state index contributed by atoms with van der Waals surface area (Å²) in [5.74, 6) is -2.82. The first-order chi connectivity index (χ1) is 12.6. The summed E-state index contributed by atoms with van der Waals surface area (Å²) in [7, 11) is 0. The number of carboxylic acid groups (broad SMARTS) is 1. The summed E-state index contributed by atoms with van der Waals surface area (Å²) < 4.78 is 10.3. The van der Waals surface area contributed by atoms with Crippen LogP contribution in [0.15, 0.2) is 24.3 Å². The number of ether oxygens (including phenoxy) is 2. The first-order valence-corrected chi connectivity index (χ1v) is 9.12. The number of carbonyl (C=O) groups is 3. The monoisotopic (exact) mass is 399 g/mol. The van der Waals surface area contributed by atoms with Gasteiger partial charge in [0, 0.05) is 17.5 Å². The van der Waals surface area contributed by atoms with Crippen molar-refractivity contribution in [1.29, 1.82) is 0 Å². The molecule has 0 heterocycles. The van der Waals surface area contributed by atoms with E-state index in [0.717, 1.165) is 0 Å². The van der Waals surface area contributed by atoms with E-state index in [-0.39, 0.29) is 24.8 Å². The van der Waals surface area contributed by atoms with Gasteiger partial charge in [0.1, 0.15) is 0 Å². The third-order valence-electron chi connectivity index (χ3n) is 3.74. The van der Waals surface area contributed by atoms with Gasteiger partial charge in [0.05, 0.1) is 11.8 Å². The fourth-order valence-electron chi connectivity index (χ4n) is 2.14. The third kappa shape index (κ3) is 7.86. The number of carbonyl (C=O) groups excluding carboxylic acids is 2. The molecule has 1 unspecified atom stereocenters. The Morgan fingerprint density at radius 2 is 1.67 bits per heavy atom. The highest BCUT2D eigenvalue weighted by molar-refractivity contribution is 6.30. The minimum absolute atomic E-state index is 0.0847. The number of carboxylic acids is 1. The molecule has 1 aromatic rings. The first kappa shape index (κ1) is 22.8. The van der Waals surface area contributed by atoms with E-state index >= 15 is 0 Å². The van der Waals surface area contributed by atoms with Gasteiger partial charge in [-0.3, -0.25) is 9.59 Å². The van der Waals surface area contributed by atoms with E-state index < -0.39 is 30.2 Å². The summed E-state index contributed by atoms with van der Waals surface area (Å²) in [4.78, 5) is 35.1. The van der Waals surface area contributed by atoms with E-state index in [1.165, 1.54) is 0 Å². The van der Waals surface area contributed by atoms with Crippen LogP contribution in [0.2, 0.25) is 5.02 Å². The number of alkyl carbamates (subject to hydrolysis) is 1. The molecule has 0 spiro atoms. The van der Waals surface area contributed by atoms with Gasteiger partial charge in [-0.2, -0.15) is 0 Å². The van der Waals surface area contributed by atoms with Gasteiger partial charge in [0.25, 0.3) is 6.29 Å². The van der Waals surface area contributed by atoms with Crippen LogP contribution in [0.3, 0.4) is 0 Å². The fraction of sp³-hybridized carbons (Fsp3) is 0.526. The van der Waals surface area contributed by atoms with E-state index in [1.807, 2.05) is 0 Å². The van der Waals surface area contributed by atoms with Crippen LogP contribution in [0.1, 0.15) is 45.6 Å². The quantitative estimate of drug-likeness (QED) is 0.483. The Morgan fingerprint density at radius 3 is 2.15 bits per heavy atom. The third-order valence-corrected chi connectivity index (χ3v) is 4.00. The molecule has 2 atom stereocenters. The predicted molar refractivity (Wildman–Crippen MR) is 100 cm³/mol. The molecule has 0 fully saturated rings. The van der Waals surface area contributed by atoms with Crippen molar-refractivity contribution in [1.82, 2.24) is 5.32 Å². The highest BCUT2D eigenvalue weighted by Crippen LogP contribution is 2.21. The lowest BCUT2D eigenvalue weighted by molar-refractivity contribution is -0.178. The second kappa shape index (κ2) is 10.8. The van der Waals surface area contributed by atoms with Crippen LogP contribution >= 0.6 is 11.6 Å². The molecule has 1 rings (SSSR count). The number of hydrogen-bond donors (Lipinski definition) is 2. The summed E-state index contributed by atoms with van der Waals surface area (Å²) in [6, 6.07) is 6.51. The number of hydrogen-bond acceptors (Lipinski definition) is 5. The van der Waals surface area contributed by atoms with Gasteiger partial charge in [-0.1, -0.05) is 51.4 Å². The van der Waals surface area contributed by atoms with Gasteiger partial charge < -0.3 is 19.9 Å². The van der Waals surface area contributed by atoms with Crippen LogP contribution in [0.4, 0.5) is 4.79 Å². The average Bonchev–Trinajstić information content (AvgIpc) is 2.58. The topological polar surface area (TPSA) is 102 Å².